The molecule has 3 heterocycles. The number of aryl methyl sites for hydroxylation is 1. The summed E-state index contributed by atoms with van der Waals surface area (Å²) in [6.07, 6.45) is 0.639. The van der Waals surface area contributed by atoms with Gasteiger partial charge in [-0.1, -0.05) is 65.9 Å². The van der Waals surface area contributed by atoms with Crippen LogP contribution in [0.3, 0.4) is 0 Å². The number of ether oxygens (including phenoxy) is 2. The number of para-hydroxylation sites is 1. The smallest absolute Gasteiger partial charge is 0.258 e. The fraction of sp³-hybridized carbons (Fsp3) is 0.229. The summed E-state index contributed by atoms with van der Waals surface area (Å²) in [6, 6.07) is 28.8. The minimum Gasteiger partial charge on any atom is -0.494 e. The Labute approximate surface area is 281 Å². The lowest BCUT2D eigenvalue weighted by Crippen LogP contribution is -2.29. The molecule has 1 aliphatic rings. The zero-order valence-electron chi connectivity index (χ0n) is 26.0. The maximum absolute atomic E-state index is 13.8. The number of aromatic nitrogens is 3. The summed E-state index contributed by atoms with van der Waals surface area (Å²) in [4.78, 5) is 27.5. The molecule has 10 nitrogen and oxygen atoms in total. The number of hydrogen-bond donors (Lipinski definition) is 1. The molecule has 1 unspecified atom stereocenters. The van der Waals surface area contributed by atoms with E-state index < -0.39 is 0 Å². The van der Waals surface area contributed by atoms with E-state index in [4.69, 9.17) is 14.6 Å². The number of carbonyl (C=O) groups excluding carboxylic acids is 2. The van der Waals surface area contributed by atoms with Gasteiger partial charge in [0.25, 0.3) is 11.8 Å². The Morgan fingerprint density at radius 1 is 0.936 bits per heavy atom. The van der Waals surface area contributed by atoms with Gasteiger partial charge in [0.05, 0.1) is 35.5 Å². The van der Waals surface area contributed by atoms with Crippen LogP contribution in [0.1, 0.15) is 41.2 Å². The van der Waals surface area contributed by atoms with Crippen LogP contribution < -0.4 is 14.8 Å². The number of amides is 2. The Morgan fingerprint density at radius 2 is 1.70 bits per heavy atom. The molecule has 2 aromatic heterocycles. The van der Waals surface area contributed by atoms with Crippen molar-refractivity contribution in [2.45, 2.75) is 38.0 Å². The average molecular weight is 667 g/mol. The molecule has 5 aromatic rings. The number of hydrazone groups is 1. The molecule has 0 spiro atoms. The standard InChI is InChI=1S/C35H34N6O4S2/c1-3-44-28-17-15-26(16-18-28)40-32(21-36-33(42)22-45-27-8-5-4-6-9-27)37-38-35(40)47-23-34(43)41-30(25-13-11-24(2)12-14-25)20-29(39-41)31-10-7-19-46-31/h4-19,30H,3,20-23H2,1-2H3,(H,36,42). The second-order valence-corrected chi connectivity index (χ2v) is 12.6. The van der Waals surface area contributed by atoms with Crippen molar-refractivity contribution in [2.24, 2.45) is 5.10 Å². The van der Waals surface area contributed by atoms with Crippen molar-refractivity contribution in [1.29, 1.82) is 0 Å². The number of benzene rings is 3. The van der Waals surface area contributed by atoms with Crippen molar-refractivity contribution in [3.63, 3.8) is 0 Å². The molecule has 12 heteroatoms. The van der Waals surface area contributed by atoms with Gasteiger partial charge >= 0.3 is 0 Å². The van der Waals surface area contributed by atoms with Crippen molar-refractivity contribution in [2.75, 3.05) is 19.0 Å². The molecular formula is C35H34N6O4S2. The quantitative estimate of drug-likeness (QED) is 0.149. The van der Waals surface area contributed by atoms with E-state index in [1.54, 1.807) is 28.5 Å². The first kappa shape index (κ1) is 32.0. The number of carbonyl (C=O) groups is 2. The Morgan fingerprint density at radius 3 is 2.43 bits per heavy atom. The van der Waals surface area contributed by atoms with E-state index in [1.165, 1.54) is 11.8 Å². The molecule has 0 saturated heterocycles. The van der Waals surface area contributed by atoms with Gasteiger partial charge in [-0.2, -0.15) is 5.10 Å². The van der Waals surface area contributed by atoms with E-state index in [9.17, 15) is 9.59 Å². The molecule has 0 bridgehead atoms. The Kier molecular flexibility index (Phi) is 10.3. The van der Waals surface area contributed by atoms with E-state index in [1.807, 2.05) is 78.4 Å². The van der Waals surface area contributed by atoms with Crippen LogP contribution in [-0.4, -0.2) is 56.3 Å². The normalized spacial score (nSPS) is 14.1. The van der Waals surface area contributed by atoms with Crippen LogP contribution in [0.25, 0.3) is 5.69 Å². The number of thiophene rings is 1. The van der Waals surface area contributed by atoms with Gasteiger partial charge in [0.15, 0.2) is 17.6 Å². The Bertz CT molecular complexity index is 1820. The molecule has 47 heavy (non-hydrogen) atoms. The van der Waals surface area contributed by atoms with Crippen LogP contribution in [0.4, 0.5) is 0 Å². The van der Waals surface area contributed by atoms with Crippen LogP contribution in [0.2, 0.25) is 0 Å². The van der Waals surface area contributed by atoms with Gasteiger partial charge < -0.3 is 14.8 Å². The first-order chi connectivity index (χ1) is 23.0. The van der Waals surface area contributed by atoms with Crippen LogP contribution in [-0.2, 0) is 16.1 Å². The number of hydrogen-bond acceptors (Lipinski definition) is 9. The fourth-order valence-corrected chi connectivity index (χ4v) is 6.64. The van der Waals surface area contributed by atoms with Gasteiger partial charge in [0.2, 0.25) is 0 Å². The molecule has 240 valence electrons. The minimum absolute atomic E-state index is 0.0933. The predicted octanol–water partition coefficient (Wildman–Crippen LogP) is 6.20. The maximum Gasteiger partial charge on any atom is 0.258 e. The topological polar surface area (TPSA) is 111 Å². The molecule has 0 fully saturated rings. The molecule has 0 radical (unpaired) electrons. The highest BCUT2D eigenvalue weighted by Crippen LogP contribution is 2.35. The van der Waals surface area contributed by atoms with E-state index in [0.29, 0.717) is 29.8 Å². The van der Waals surface area contributed by atoms with Gasteiger partial charge in [-0.15, -0.1) is 21.5 Å². The molecule has 6 rings (SSSR count). The Hall–Kier alpha value is -4.94. The van der Waals surface area contributed by atoms with Crippen molar-refractivity contribution in [3.8, 4) is 17.2 Å². The lowest BCUT2D eigenvalue weighted by atomic mass is 10.00. The third-order valence-electron chi connectivity index (χ3n) is 7.42. The second-order valence-electron chi connectivity index (χ2n) is 10.7. The fourth-order valence-electron chi connectivity index (χ4n) is 5.09. The largest absolute Gasteiger partial charge is 0.494 e. The first-order valence-electron chi connectivity index (χ1n) is 15.2. The first-order valence-corrected chi connectivity index (χ1v) is 17.1. The SMILES string of the molecule is CCOc1ccc(-n2c(CNC(=O)COc3ccccc3)nnc2SCC(=O)N2N=C(c3cccs3)CC2c2ccc(C)cc2)cc1. The monoisotopic (exact) mass is 666 g/mol. The summed E-state index contributed by atoms with van der Waals surface area (Å²) in [7, 11) is 0. The van der Waals surface area contributed by atoms with E-state index in [-0.39, 0.29) is 36.8 Å². The van der Waals surface area contributed by atoms with Crippen molar-refractivity contribution < 1.29 is 19.1 Å². The molecule has 1 aliphatic heterocycles. The molecule has 1 N–H and O–H groups in total. The molecule has 1 atom stereocenters. The molecule has 3 aromatic carbocycles. The summed E-state index contributed by atoms with van der Waals surface area (Å²) < 4.78 is 13.0. The van der Waals surface area contributed by atoms with E-state index in [2.05, 4.69) is 39.8 Å². The third kappa shape index (κ3) is 7.90. The lowest BCUT2D eigenvalue weighted by Gasteiger charge is -2.22. The molecule has 2 amide bonds. The summed E-state index contributed by atoms with van der Waals surface area (Å²) in [6.45, 7) is 4.50. The minimum atomic E-state index is -0.296. The highest BCUT2D eigenvalue weighted by atomic mass is 32.2. The summed E-state index contributed by atoms with van der Waals surface area (Å²) in [5.74, 6) is 1.51. The van der Waals surface area contributed by atoms with Crippen LogP contribution >= 0.6 is 23.1 Å². The van der Waals surface area contributed by atoms with Gasteiger partial charge in [-0.25, -0.2) is 5.01 Å². The van der Waals surface area contributed by atoms with Crippen molar-refractivity contribution in [3.05, 3.63) is 118 Å². The zero-order valence-corrected chi connectivity index (χ0v) is 27.7. The van der Waals surface area contributed by atoms with Crippen LogP contribution in [0.5, 0.6) is 11.5 Å². The van der Waals surface area contributed by atoms with Crippen LogP contribution in [0, 0.1) is 6.92 Å². The zero-order chi connectivity index (χ0) is 32.6. The van der Waals surface area contributed by atoms with Crippen molar-refractivity contribution >= 4 is 40.6 Å². The highest BCUT2D eigenvalue weighted by molar-refractivity contribution is 7.99. The van der Waals surface area contributed by atoms with Crippen LogP contribution in [0.15, 0.2) is 107 Å². The van der Waals surface area contributed by atoms with Gasteiger partial charge in [-0.3, -0.25) is 14.2 Å². The molecule has 0 saturated carbocycles. The number of nitrogens with zero attached hydrogens (tertiary/aromatic N) is 5. The second kappa shape index (κ2) is 15.1. The third-order valence-corrected chi connectivity index (χ3v) is 9.25. The van der Waals surface area contributed by atoms with Crippen molar-refractivity contribution in [1.82, 2.24) is 25.1 Å². The highest BCUT2D eigenvalue weighted by Gasteiger charge is 2.33. The van der Waals surface area contributed by atoms with Gasteiger partial charge in [-0.05, 0) is 67.3 Å². The van der Waals surface area contributed by atoms with E-state index in [0.717, 1.165) is 33.2 Å². The number of nitrogens with one attached hydrogen (secondary N) is 1. The predicted molar refractivity (Wildman–Crippen MR) is 183 cm³/mol. The lowest BCUT2D eigenvalue weighted by molar-refractivity contribution is -0.130. The Balaban J connectivity index is 1.20. The van der Waals surface area contributed by atoms with Gasteiger partial charge in [0, 0.05) is 12.1 Å². The number of rotatable bonds is 13. The summed E-state index contributed by atoms with van der Waals surface area (Å²) in [5, 5.41) is 20.6. The van der Waals surface area contributed by atoms with Gasteiger partial charge in [0.1, 0.15) is 11.5 Å². The molecule has 0 aliphatic carbocycles. The average Bonchev–Trinajstić information content (AvgIpc) is 3.87. The van der Waals surface area contributed by atoms with E-state index >= 15 is 0 Å². The number of thioether (sulfide) groups is 1. The maximum atomic E-state index is 13.8. The molecular weight excluding hydrogens is 633 g/mol. The summed E-state index contributed by atoms with van der Waals surface area (Å²) >= 11 is 2.89. The summed E-state index contributed by atoms with van der Waals surface area (Å²) in [5.41, 5.74) is 3.87.